The number of rotatable bonds is 3. The Bertz CT molecular complexity index is 757. The summed E-state index contributed by atoms with van der Waals surface area (Å²) in [5.41, 5.74) is 1.50. The number of para-hydroxylation sites is 1. The third-order valence-electron chi connectivity index (χ3n) is 3.01. The number of ether oxygens (including phenoxy) is 1. The Kier molecular flexibility index (Phi) is 2.63. The lowest BCUT2D eigenvalue weighted by Gasteiger charge is -2.09. The molecular weight excluding hydrogens is 244 g/mol. The van der Waals surface area contributed by atoms with E-state index in [2.05, 4.69) is 0 Å². The standard InChI is InChI=1S/C15H12O4/c1-9(15(16)17)18-10-6-7-12-11-4-2-3-5-13(11)19-14(12)8-10/h2-9H,1H3,(H,16,17)/t9-/m1/s1. The SMILES string of the molecule is C[C@@H](Oc1ccc2c(c1)oc1ccccc12)C(=O)O. The molecule has 3 aromatic rings. The predicted molar refractivity (Wildman–Crippen MR) is 71.4 cm³/mol. The summed E-state index contributed by atoms with van der Waals surface area (Å²) in [7, 11) is 0. The first-order valence-electron chi connectivity index (χ1n) is 5.96. The minimum atomic E-state index is -0.996. The molecule has 2 aromatic carbocycles. The normalized spacial score (nSPS) is 12.7. The number of fused-ring (bicyclic) bond motifs is 3. The van der Waals surface area contributed by atoms with Gasteiger partial charge in [0.2, 0.25) is 0 Å². The molecule has 19 heavy (non-hydrogen) atoms. The third-order valence-corrected chi connectivity index (χ3v) is 3.01. The van der Waals surface area contributed by atoms with Gasteiger partial charge in [0, 0.05) is 16.8 Å². The number of benzene rings is 2. The van der Waals surface area contributed by atoms with Crippen molar-refractivity contribution in [2.45, 2.75) is 13.0 Å². The van der Waals surface area contributed by atoms with E-state index in [1.54, 1.807) is 12.1 Å². The molecule has 1 N–H and O–H groups in total. The van der Waals surface area contributed by atoms with Crippen LogP contribution in [0.25, 0.3) is 21.9 Å². The number of hydrogen-bond acceptors (Lipinski definition) is 3. The fourth-order valence-electron chi connectivity index (χ4n) is 2.03. The molecule has 0 unspecified atom stereocenters. The van der Waals surface area contributed by atoms with Crippen LogP contribution >= 0.6 is 0 Å². The highest BCUT2D eigenvalue weighted by Crippen LogP contribution is 2.31. The van der Waals surface area contributed by atoms with Crippen LogP contribution in [-0.2, 0) is 4.79 Å². The van der Waals surface area contributed by atoms with E-state index in [0.717, 1.165) is 16.4 Å². The number of carboxylic acids is 1. The Morgan fingerprint density at radius 1 is 1.16 bits per heavy atom. The van der Waals surface area contributed by atoms with E-state index in [1.165, 1.54) is 6.92 Å². The molecule has 0 saturated heterocycles. The van der Waals surface area contributed by atoms with Crippen molar-refractivity contribution in [2.75, 3.05) is 0 Å². The van der Waals surface area contributed by atoms with Crippen molar-refractivity contribution in [3.63, 3.8) is 0 Å². The minimum absolute atomic E-state index is 0.487. The molecule has 0 saturated carbocycles. The van der Waals surface area contributed by atoms with Crippen LogP contribution in [-0.4, -0.2) is 17.2 Å². The zero-order valence-electron chi connectivity index (χ0n) is 10.3. The smallest absolute Gasteiger partial charge is 0.344 e. The van der Waals surface area contributed by atoms with E-state index >= 15 is 0 Å². The Hall–Kier alpha value is -2.49. The van der Waals surface area contributed by atoms with Gasteiger partial charge in [0.15, 0.2) is 6.10 Å². The third kappa shape index (κ3) is 2.01. The average molecular weight is 256 g/mol. The van der Waals surface area contributed by atoms with Crippen LogP contribution in [0.4, 0.5) is 0 Å². The van der Waals surface area contributed by atoms with Gasteiger partial charge in [-0.3, -0.25) is 0 Å². The van der Waals surface area contributed by atoms with Crippen molar-refractivity contribution < 1.29 is 19.1 Å². The summed E-state index contributed by atoms with van der Waals surface area (Å²) in [6.07, 6.45) is -0.887. The summed E-state index contributed by atoms with van der Waals surface area (Å²) in [6.45, 7) is 1.49. The van der Waals surface area contributed by atoms with Gasteiger partial charge in [0.25, 0.3) is 0 Å². The number of carbonyl (C=O) groups is 1. The maximum Gasteiger partial charge on any atom is 0.344 e. The quantitative estimate of drug-likeness (QED) is 0.779. The second kappa shape index (κ2) is 4.31. The van der Waals surface area contributed by atoms with Gasteiger partial charge < -0.3 is 14.3 Å². The second-order valence-corrected chi connectivity index (χ2v) is 4.35. The molecule has 4 nitrogen and oxygen atoms in total. The van der Waals surface area contributed by atoms with Gasteiger partial charge in [-0.2, -0.15) is 0 Å². The molecule has 3 rings (SSSR count). The highest BCUT2D eigenvalue weighted by Gasteiger charge is 2.13. The molecule has 0 radical (unpaired) electrons. The molecule has 96 valence electrons. The lowest BCUT2D eigenvalue weighted by Crippen LogP contribution is -2.22. The summed E-state index contributed by atoms with van der Waals surface area (Å²) >= 11 is 0. The van der Waals surface area contributed by atoms with Crippen LogP contribution in [0.15, 0.2) is 46.9 Å². The first-order valence-corrected chi connectivity index (χ1v) is 5.96. The Balaban J connectivity index is 2.06. The minimum Gasteiger partial charge on any atom is -0.479 e. The maximum atomic E-state index is 10.8. The van der Waals surface area contributed by atoms with Crippen LogP contribution in [0.2, 0.25) is 0 Å². The zero-order valence-corrected chi connectivity index (χ0v) is 10.3. The average Bonchev–Trinajstić information content (AvgIpc) is 2.76. The summed E-state index contributed by atoms with van der Waals surface area (Å²) in [4.78, 5) is 10.8. The van der Waals surface area contributed by atoms with Gasteiger partial charge in [-0.1, -0.05) is 18.2 Å². The predicted octanol–water partition coefficient (Wildman–Crippen LogP) is 3.44. The summed E-state index contributed by atoms with van der Waals surface area (Å²) in [5, 5.41) is 10.9. The first-order chi connectivity index (χ1) is 9.15. The number of hydrogen-bond donors (Lipinski definition) is 1. The topological polar surface area (TPSA) is 59.7 Å². The van der Waals surface area contributed by atoms with Crippen LogP contribution in [0.3, 0.4) is 0 Å². The Labute approximate surface area is 109 Å². The van der Waals surface area contributed by atoms with Gasteiger partial charge in [-0.25, -0.2) is 4.79 Å². The van der Waals surface area contributed by atoms with Crippen molar-refractivity contribution >= 4 is 27.9 Å². The Morgan fingerprint density at radius 3 is 2.68 bits per heavy atom. The van der Waals surface area contributed by atoms with E-state index in [1.807, 2.05) is 30.3 Å². The van der Waals surface area contributed by atoms with E-state index in [4.69, 9.17) is 14.3 Å². The maximum absolute atomic E-state index is 10.8. The second-order valence-electron chi connectivity index (χ2n) is 4.35. The Morgan fingerprint density at radius 2 is 1.89 bits per heavy atom. The lowest BCUT2D eigenvalue weighted by atomic mass is 10.1. The van der Waals surface area contributed by atoms with Crippen molar-refractivity contribution in [3.8, 4) is 5.75 Å². The van der Waals surface area contributed by atoms with Crippen LogP contribution < -0.4 is 4.74 Å². The molecule has 0 amide bonds. The van der Waals surface area contributed by atoms with Gasteiger partial charge >= 0.3 is 5.97 Å². The highest BCUT2D eigenvalue weighted by atomic mass is 16.5. The summed E-state index contributed by atoms with van der Waals surface area (Å²) < 4.78 is 11.0. The monoisotopic (exact) mass is 256 g/mol. The molecule has 0 spiro atoms. The lowest BCUT2D eigenvalue weighted by molar-refractivity contribution is -0.144. The highest BCUT2D eigenvalue weighted by molar-refractivity contribution is 6.05. The van der Waals surface area contributed by atoms with E-state index < -0.39 is 12.1 Å². The molecule has 1 heterocycles. The first kappa shape index (κ1) is 11.6. The molecule has 1 atom stereocenters. The summed E-state index contributed by atoms with van der Waals surface area (Å²) in [5.74, 6) is -0.508. The fraction of sp³-hybridized carbons (Fsp3) is 0.133. The molecular formula is C15H12O4. The molecule has 0 fully saturated rings. The van der Waals surface area contributed by atoms with Gasteiger partial charge in [0.05, 0.1) is 0 Å². The van der Waals surface area contributed by atoms with Gasteiger partial charge in [-0.15, -0.1) is 0 Å². The van der Waals surface area contributed by atoms with E-state index in [-0.39, 0.29) is 0 Å². The van der Waals surface area contributed by atoms with Crippen molar-refractivity contribution in [2.24, 2.45) is 0 Å². The van der Waals surface area contributed by atoms with Crippen LogP contribution in [0, 0.1) is 0 Å². The van der Waals surface area contributed by atoms with Crippen molar-refractivity contribution in [3.05, 3.63) is 42.5 Å². The van der Waals surface area contributed by atoms with Crippen molar-refractivity contribution in [1.29, 1.82) is 0 Å². The van der Waals surface area contributed by atoms with Crippen LogP contribution in [0.1, 0.15) is 6.92 Å². The molecule has 0 aliphatic carbocycles. The zero-order chi connectivity index (χ0) is 13.4. The molecule has 4 heteroatoms. The molecule has 0 aliphatic heterocycles. The number of furan rings is 1. The molecule has 1 aromatic heterocycles. The van der Waals surface area contributed by atoms with Crippen molar-refractivity contribution in [1.82, 2.24) is 0 Å². The number of aliphatic carboxylic acids is 1. The summed E-state index contributed by atoms with van der Waals surface area (Å²) in [6, 6.07) is 13.1. The molecule has 0 bridgehead atoms. The molecule has 0 aliphatic rings. The number of carboxylic acid groups (broad SMARTS) is 1. The van der Waals surface area contributed by atoms with E-state index in [0.29, 0.717) is 11.3 Å². The van der Waals surface area contributed by atoms with Gasteiger partial charge in [-0.05, 0) is 25.1 Å². The fourth-order valence-corrected chi connectivity index (χ4v) is 2.03. The largest absolute Gasteiger partial charge is 0.479 e. The van der Waals surface area contributed by atoms with E-state index in [9.17, 15) is 4.79 Å². The van der Waals surface area contributed by atoms with Crippen LogP contribution in [0.5, 0.6) is 5.75 Å². The van der Waals surface area contributed by atoms with Gasteiger partial charge in [0.1, 0.15) is 16.9 Å².